The standard InChI is InChI=1S/C12H13ClN4O/c1-9(10-4-2-3-5-11(10)13)16-12(18)6-17-8-14-7-15-17/h2-5,7-9H,6H2,1H3,(H,16,18)/t9-/m1/s1. The molecule has 1 aromatic carbocycles. The zero-order chi connectivity index (χ0) is 13.0. The van der Waals surface area contributed by atoms with E-state index in [0.717, 1.165) is 5.56 Å². The Kier molecular flexibility index (Phi) is 3.94. The summed E-state index contributed by atoms with van der Waals surface area (Å²) in [7, 11) is 0. The summed E-state index contributed by atoms with van der Waals surface area (Å²) in [5.41, 5.74) is 0.895. The Balaban J connectivity index is 1.97. The highest BCUT2D eigenvalue weighted by atomic mass is 35.5. The van der Waals surface area contributed by atoms with Crippen LogP contribution in [0.3, 0.4) is 0 Å². The second-order valence-corrected chi connectivity index (χ2v) is 4.31. The molecule has 0 aliphatic heterocycles. The van der Waals surface area contributed by atoms with E-state index in [1.807, 2.05) is 25.1 Å². The topological polar surface area (TPSA) is 59.8 Å². The predicted octanol–water partition coefficient (Wildman–Crippen LogP) is 1.81. The second-order valence-electron chi connectivity index (χ2n) is 3.90. The van der Waals surface area contributed by atoms with Gasteiger partial charge in [0.15, 0.2) is 0 Å². The van der Waals surface area contributed by atoms with Crippen LogP contribution in [0.15, 0.2) is 36.9 Å². The van der Waals surface area contributed by atoms with Crippen LogP contribution in [-0.2, 0) is 11.3 Å². The Morgan fingerprint density at radius 2 is 2.28 bits per heavy atom. The summed E-state index contributed by atoms with van der Waals surface area (Å²) in [6, 6.07) is 7.30. The number of rotatable bonds is 4. The Hall–Kier alpha value is -1.88. The van der Waals surface area contributed by atoms with E-state index in [2.05, 4.69) is 15.4 Å². The van der Waals surface area contributed by atoms with Gasteiger partial charge in [-0.3, -0.25) is 4.79 Å². The summed E-state index contributed by atoms with van der Waals surface area (Å²) >= 11 is 6.07. The van der Waals surface area contributed by atoms with E-state index in [9.17, 15) is 4.79 Å². The normalized spacial score (nSPS) is 12.1. The van der Waals surface area contributed by atoms with Crippen LogP contribution in [0.4, 0.5) is 0 Å². The second kappa shape index (κ2) is 5.64. The molecule has 0 saturated carbocycles. The van der Waals surface area contributed by atoms with Crippen molar-refractivity contribution in [3.63, 3.8) is 0 Å². The minimum absolute atomic E-state index is 0.132. The van der Waals surface area contributed by atoms with Gasteiger partial charge in [0, 0.05) is 5.02 Å². The van der Waals surface area contributed by atoms with Crippen LogP contribution in [0, 0.1) is 0 Å². The molecule has 1 aromatic heterocycles. The summed E-state index contributed by atoms with van der Waals surface area (Å²) in [5, 5.41) is 7.38. The van der Waals surface area contributed by atoms with Gasteiger partial charge in [-0.2, -0.15) is 5.10 Å². The monoisotopic (exact) mass is 264 g/mol. The summed E-state index contributed by atoms with van der Waals surface area (Å²) < 4.78 is 1.47. The Morgan fingerprint density at radius 3 is 2.94 bits per heavy atom. The van der Waals surface area contributed by atoms with Crippen LogP contribution in [0.2, 0.25) is 5.02 Å². The fraction of sp³-hybridized carbons (Fsp3) is 0.250. The molecule has 1 amide bonds. The molecule has 1 N–H and O–H groups in total. The third-order valence-electron chi connectivity index (χ3n) is 2.52. The van der Waals surface area contributed by atoms with Crippen molar-refractivity contribution in [3.05, 3.63) is 47.5 Å². The summed E-state index contributed by atoms with van der Waals surface area (Å²) in [4.78, 5) is 15.5. The van der Waals surface area contributed by atoms with Gasteiger partial charge in [0.05, 0.1) is 6.04 Å². The van der Waals surface area contributed by atoms with Gasteiger partial charge in [0.2, 0.25) is 5.91 Å². The number of aromatic nitrogens is 3. The first-order valence-corrected chi connectivity index (χ1v) is 5.91. The van der Waals surface area contributed by atoms with Gasteiger partial charge in [-0.25, -0.2) is 9.67 Å². The molecule has 18 heavy (non-hydrogen) atoms. The predicted molar refractivity (Wildman–Crippen MR) is 68.0 cm³/mol. The lowest BCUT2D eigenvalue weighted by atomic mass is 10.1. The van der Waals surface area contributed by atoms with Gasteiger partial charge in [-0.15, -0.1) is 0 Å². The molecule has 0 aliphatic carbocycles. The number of nitrogens with one attached hydrogen (secondary N) is 1. The molecular formula is C12H13ClN4O. The number of hydrogen-bond acceptors (Lipinski definition) is 3. The molecule has 0 aliphatic rings. The first-order valence-electron chi connectivity index (χ1n) is 5.53. The van der Waals surface area contributed by atoms with Crippen molar-refractivity contribution < 1.29 is 4.79 Å². The van der Waals surface area contributed by atoms with Crippen LogP contribution in [0.1, 0.15) is 18.5 Å². The van der Waals surface area contributed by atoms with Crippen molar-refractivity contribution in [1.29, 1.82) is 0 Å². The van der Waals surface area contributed by atoms with E-state index in [1.165, 1.54) is 17.3 Å². The number of carbonyl (C=O) groups excluding carboxylic acids is 1. The average molecular weight is 265 g/mol. The Morgan fingerprint density at radius 1 is 1.50 bits per heavy atom. The molecule has 0 spiro atoms. The van der Waals surface area contributed by atoms with Crippen molar-refractivity contribution in [3.8, 4) is 0 Å². The minimum Gasteiger partial charge on any atom is -0.348 e. The number of benzene rings is 1. The largest absolute Gasteiger partial charge is 0.348 e. The molecule has 0 saturated heterocycles. The summed E-state index contributed by atoms with van der Waals surface area (Å²) in [6.45, 7) is 2.04. The highest BCUT2D eigenvalue weighted by molar-refractivity contribution is 6.31. The highest BCUT2D eigenvalue weighted by Crippen LogP contribution is 2.21. The zero-order valence-electron chi connectivity index (χ0n) is 9.88. The molecule has 0 radical (unpaired) electrons. The highest BCUT2D eigenvalue weighted by Gasteiger charge is 2.12. The molecule has 2 rings (SSSR count). The van der Waals surface area contributed by atoms with Gasteiger partial charge in [-0.05, 0) is 18.6 Å². The smallest absolute Gasteiger partial charge is 0.242 e. The van der Waals surface area contributed by atoms with E-state index in [0.29, 0.717) is 5.02 Å². The summed E-state index contributed by atoms with van der Waals surface area (Å²) in [6.07, 6.45) is 2.89. The van der Waals surface area contributed by atoms with Gasteiger partial charge in [0.25, 0.3) is 0 Å². The van der Waals surface area contributed by atoms with Crippen LogP contribution in [-0.4, -0.2) is 20.7 Å². The quantitative estimate of drug-likeness (QED) is 0.916. The number of hydrogen-bond donors (Lipinski definition) is 1. The van der Waals surface area contributed by atoms with Crippen molar-refractivity contribution in [2.24, 2.45) is 0 Å². The third-order valence-corrected chi connectivity index (χ3v) is 2.87. The zero-order valence-corrected chi connectivity index (χ0v) is 10.6. The molecule has 0 bridgehead atoms. The van der Waals surface area contributed by atoms with Gasteiger partial charge in [-0.1, -0.05) is 29.8 Å². The maximum atomic E-state index is 11.8. The van der Waals surface area contributed by atoms with Crippen LogP contribution in [0.5, 0.6) is 0 Å². The van der Waals surface area contributed by atoms with E-state index in [1.54, 1.807) is 6.07 Å². The van der Waals surface area contributed by atoms with Crippen LogP contribution in [0.25, 0.3) is 0 Å². The van der Waals surface area contributed by atoms with Crippen LogP contribution >= 0.6 is 11.6 Å². The molecular weight excluding hydrogens is 252 g/mol. The molecule has 1 heterocycles. The molecule has 0 fully saturated rings. The number of halogens is 1. The molecule has 1 atom stereocenters. The number of nitrogens with zero attached hydrogens (tertiary/aromatic N) is 3. The number of amides is 1. The molecule has 5 nitrogen and oxygen atoms in total. The van der Waals surface area contributed by atoms with Gasteiger partial charge < -0.3 is 5.32 Å². The van der Waals surface area contributed by atoms with Crippen molar-refractivity contribution in [1.82, 2.24) is 20.1 Å². The van der Waals surface area contributed by atoms with E-state index in [4.69, 9.17) is 11.6 Å². The van der Waals surface area contributed by atoms with E-state index >= 15 is 0 Å². The Labute approximate surface area is 110 Å². The van der Waals surface area contributed by atoms with Crippen molar-refractivity contribution in [2.75, 3.05) is 0 Å². The summed E-state index contributed by atoms with van der Waals surface area (Å²) in [5.74, 6) is -0.132. The van der Waals surface area contributed by atoms with Crippen molar-refractivity contribution in [2.45, 2.75) is 19.5 Å². The number of carbonyl (C=O) groups is 1. The van der Waals surface area contributed by atoms with Gasteiger partial charge >= 0.3 is 0 Å². The molecule has 2 aromatic rings. The van der Waals surface area contributed by atoms with Gasteiger partial charge in [0.1, 0.15) is 19.2 Å². The fourth-order valence-corrected chi connectivity index (χ4v) is 1.95. The molecule has 94 valence electrons. The average Bonchev–Trinajstić information content (AvgIpc) is 2.82. The lowest BCUT2D eigenvalue weighted by Crippen LogP contribution is -2.30. The Bertz CT molecular complexity index is 527. The minimum atomic E-state index is -0.144. The molecule has 0 unspecified atom stereocenters. The third kappa shape index (κ3) is 3.07. The van der Waals surface area contributed by atoms with E-state index in [-0.39, 0.29) is 18.5 Å². The lowest BCUT2D eigenvalue weighted by Gasteiger charge is -2.15. The van der Waals surface area contributed by atoms with Crippen molar-refractivity contribution >= 4 is 17.5 Å². The fourth-order valence-electron chi connectivity index (χ4n) is 1.65. The van der Waals surface area contributed by atoms with Crippen LogP contribution < -0.4 is 5.32 Å². The first kappa shape index (κ1) is 12.6. The van der Waals surface area contributed by atoms with E-state index < -0.39 is 0 Å². The SMILES string of the molecule is C[C@@H](NC(=O)Cn1cncn1)c1ccccc1Cl. The molecule has 6 heteroatoms. The maximum absolute atomic E-state index is 11.8. The lowest BCUT2D eigenvalue weighted by molar-refractivity contribution is -0.122. The maximum Gasteiger partial charge on any atom is 0.242 e. The first-order chi connectivity index (χ1) is 8.66.